The van der Waals surface area contributed by atoms with Crippen molar-refractivity contribution in [1.29, 1.82) is 0 Å². The van der Waals surface area contributed by atoms with Crippen LogP contribution < -0.4 is 21.1 Å². The van der Waals surface area contributed by atoms with Gasteiger partial charge in [0, 0.05) is 35.9 Å². The Balaban J connectivity index is 0.00000113. The van der Waals surface area contributed by atoms with Crippen LogP contribution in [0.15, 0.2) is 75.7 Å². The average Bonchev–Trinajstić information content (AvgIpc) is 3.00. The second kappa shape index (κ2) is 12.7. The van der Waals surface area contributed by atoms with E-state index in [1.165, 1.54) is 6.42 Å². The van der Waals surface area contributed by atoms with E-state index in [0.717, 1.165) is 59.6 Å². The Bertz CT molecular complexity index is 1690. The van der Waals surface area contributed by atoms with Gasteiger partial charge in [-0.2, -0.15) is 0 Å². The molecule has 0 radical (unpaired) electrons. The van der Waals surface area contributed by atoms with Gasteiger partial charge in [-0.25, -0.2) is 0 Å². The zero-order chi connectivity index (χ0) is 29.8. The Hall–Kier alpha value is -4.37. The van der Waals surface area contributed by atoms with Gasteiger partial charge in [0.15, 0.2) is 5.43 Å². The maximum Gasteiger partial charge on any atom is 0.583 e. The molecule has 2 aromatic heterocycles. The molecule has 0 aliphatic carbocycles. The zero-order valence-corrected chi connectivity index (χ0v) is 24.7. The number of nitrogens with one attached hydrogen (secondary N) is 1. The van der Waals surface area contributed by atoms with Gasteiger partial charge < -0.3 is 24.4 Å². The molecule has 2 aromatic carbocycles. The fraction of sp³-hybridized carbons (Fsp3) is 0.303. The molecule has 0 spiro atoms. The number of nitrogens with zero attached hydrogens (tertiary/aromatic N) is 3. The van der Waals surface area contributed by atoms with Crippen LogP contribution in [0.3, 0.4) is 0 Å². The number of pyridine rings is 1. The number of hydrogen-bond donors (Lipinski definition) is 2. The summed E-state index contributed by atoms with van der Waals surface area (Å²) in [5.41, 5.74) is 7.18. The molecular weight excluding hydrogens is 527 g/mol. The first-order valence-electron chi connectivity index (χ1n) is 14.5. The first-order valence-corrected chi connectivity index (χ1v) is 14.5. The van der Waals surface area contributed by atoms with E-state index in [1.807, 2.05) is 57.2 Å². The Morgan fingerprint density at radius 1 is 1.14 bits per heavy atom. The number of aromatic nitrogens is 1. The van der Waals surface area contributed by atoms with Crippen LogP contribution in [0.5, 0.6) is 0 Å². The van der Waals surface area contributed by atoms with Gasteiger partial charge in [-0.15, -0.1) is 11.7 Å². The first kappa shape index (κ1) is 29.1. The molecule has 4 heterocycles. The third-order valence-electron chi connectivity index (χ3n) is 7.64. The SMILES string of the molecule is C=CC.Cc1cc(C(C)Nc2cccnc2-c2ccc3c(c2)C=NOB3O)c2oc(N3CCCCC3)c(C)c(=O)c2c1. The summed E-state index contributed by atoms with van der Waals surface area (Å²) in [6, 6.07) is 13.4. The third-order valence-corrected chi connectivity index (χ3v) is 7.64. The molecule has 0 bridgehead atoms. The minimum Gasteiger partial charge on any atom is -0.440 e. The molecule has 2 aliphatic rings. The number of rotatable bonds is 5. The normalized spacial score (nSPS) is 14.9. The van der Waals surface area contributed by atoms with Crippen LogP contribution in [0.1, 0.15) is 61.4 Å². The summed E-state index contributed by atoms with van der Waals surface area (Å²) in [5.74, 6) is 0.688. The molecule has 1 saturated heterocycles. The van der Waals surface area contributed by atoms with Gasteiger partial charge in [0.25, 0.3) is 0 Å². The van der Waals surface area contributed by atoms with E-state index in [0.29, 0.717) is 27.9 Å². The number of allylic oxidation sites excluding steroid dienone is 1. The fourth-order valence-electron chi connectivity index (χ4n) is 5.60. The molecule has 0 saturated carbocycles. The van der Waals surface area contributed by atoms with Gasteiger partial charge in [0.1, 0.15) is 5.58 Å². The molecule has 8 nitrogen and oxygen atoms in total. The van der Waals surface area contributed by atoms with Gasteiger partial charge in [-0.05, 0) is 82.3 Å². The molecule has 2 aliphatic heterocycles. The third kappa shape index (κ3) is 5.83. The van der Waals surface area contributed by atoms with Crippen LogP contribution in [0.25, 0.3) is 22.2 Å². The number of piperidine rings is 1. The standard InChI is InChI=1S/C30H31BN4O4.C3H6/c1-18-14-23(29-24(15-18)28(36)19(2)30(38-29)35-12-5-4-6-13-35)20(3)34-26-8-7-11-32-27(26)21-9-10-25-22(16-21)17-33-39-31(25)37;1-3-2/h7-11,14-17,20,34,37H,4-6,12-13H2,1-3H3;3H,1H2,2H3. The van der Waals surface area contributed by atoms with Crippen molar-refractivity contribution in [3.63, 3.8) is 0 Å². The Labute approximate surface area is 246 Å². The first-order chi connectivity index (χ1) is 20.3. The predicted molar refractivity (Wildman–Crippen MR) is 172 cm³/mol. The van der Waals surface area contributed by atoms with Gasteiger partial charge in [0.2, 0.25) is 5.88 Å². The van der Waals surface area contributed by atoms with Gasteiger partial charge in [-0.3, -0.25) is 9.78 Å². The minimum absolute atomic E-state index is 0.0259. The van der Waals surface area contributed by atoms with E-state index in [4.69, 9.17) is 9.17 Å². The molecule has 216 valence electrons. The largest absolute Gasteiger partial charge is 0.583 e. The summed E-state index contributed by atoms with van der Waals surface area (Å²) in [6.45, 7) is 13.0. The summed E-state index contributed by atoms with van der Waals surface area (Å²) in [6.07, 6.45) is 8.50. The molecule has 9 heteroatoms. The number of aryl methyl sites for hydroxylation is 1. The van der Waals surface area contributed by atoms with Crippen LogP contribution in [-0.2, 0) is 4.76 Å². The van der Waals surface area contributed by atoms with Crippen molar-refractivity contribution in [2.75, 3.05) is 23.3 Å². The van der Waals surface area contributed by atoms with E-state index in [2.05, 4.69) is 39.9 Å². The summed E-state index contributed by atoms with van der Waals surface area (Å²) in [5, 5.41) is 18.1. The highest BCUT2D eigenvalue weighted by atomic mass is 16.6. The number of hydrogen-bond acceptors (Lipinski definition) is 8. The lowest BCUT2D eigenvalue weighted by atomic mass is 9.75. The van der Waals surface area contributed by atoms with Crippen molar-refractivity contribution in [3.05, 3.63) is 93.8 Å². The minimum atomic E-state index is -1.08. The van der Waals surface area contributed by atoms with Crippen LogP contribution >= 0.6 is 0 Å². The molecule has 6 rings (SSSR count). The molecule has 1 unspecified atom stereocenters. The topological polar surface area (TPSA) is 100 Å². The van der Waals surface area contributed by atoms with E-state index in [-0.39, 0.29) is 11.5 Å². The van der Waals surface area contributed by atoms with E-state index in [9.17, 15) is 9.82 Å². The van der Waals surface area contributed by atoms with Crippen LogP contribution in [0.2, 0.25) is 0 Å². The summed E-state index contributed by atoms with van der Waals surface area (Å²) < 4.78 is 11.5. The lowest BCUT2D eigenvalue weighted by Crippen LogP contribution is -2.37. The quantitative estimate of drug-likeness (QED) is 0.231. The van der Waals surface area contributed by atoms with E-state index >= 15 is 0 Å². The second-order valence-electron chi connectivity index (χ2n) is 10.8. The van der Waals surface area contributed by atoms with Crippen molar-refractivity contribution in [1.82, 2.24) is 4.98 Å². The maximum absolute atomic E-state index is 13.5. The van der Waals surface area contributed by atoms with E-state index < -0.39 is 7.12 Å². The van der Waals surface area contributed by atoms with Crippen LogP contribution in [0.4, 0.5) is 11.6 Å². The van der Waals surface area contributed by atoms with Crippen molar-refractivity contribution >= 4 is 41.3 Å². The molecular formula is C33H37BN4O4. The zero-order valence-electron chi connectivity index (χ0n) is 24.7. The fourth-order valence-corrected chi connectivity index (χ4v) is 5.60. The molecule has 42 heavy (non-hydrogen) atoms. The van der Waals surface area contributed by atoms with Gasteiger partial charge in [-0.1, -0.05) is 24.3 Å². The predicted octanol–water partition coefficient (Wildman–Crippen LogP) is 5.88. The molecule has 0 amide bonds. The van der Waals surface area contributed by atoms with Crippen molar-refractivity contribution in [3.8, 4) is 11.3 Å². The second-order valence-corrected chi connectivity index (χ2v) is 10.8. The summed E-state index contributed by atoms with van der Waals surface area (Å²) in [4.78, 5) is 20.4. The summed E-state index contributed by atoms with van der Waals surface area (Å²) in [7, 11) is -1.08. The Morgan fingerprint density at radius 2 is 1.90 bits per heavy atom. The van der Waals surface area contributed by atoms with Crippen LogP contribution in [0, 0.1) is 13.8 Å². The number of fused-ring (bicyclic) bond motifs is 2. The Morgan fingerprint density at radius 3 is 2.67 bits per heavy atom. The Kier molecular flexibility index (Phi) is 8.78. The lowest BCUT2D eigenvalue weighted by Gasteiger charge is -2.29. The van der Waals surface area contributed by atoms with Crippen molar-refractivity contribution < 1.29 is 14.2 Å². The monoisotopic (exact) mass is 564 g/mol. The van der Waals surface area contributed by atoms with Crippen molar-refractivity contribution in [2.24, 2.45) is 5.16 Å². The highest BCUT2D eigenvalue weighted by Gasteiger charge is 2.26. The maximum atomic E-state index is 13.5. The van der Waals surface area contributed by atoms with E-state index in [1.54, 1.807) is 18.5 Å². The number of anilines is 2. The molecule has 4 aromatic rings. The molecule has 1 atom stereocenters. The molecule has 1 fully saturated rings. The van der Waals surface area contributed by atoms with Crippen molar-refractivity contribution in [2.45, 2.75) is 53.0 Å². The van der Waals surface area contributed by atoms with Gasteiger partial charge in [0.05, 0.1) is 34.6 Å². The lowest BCUT2D eigenvalue weighted by molar-refractivity contribution is 0.286. The number of benzene rings is 2. The highest BCUT2D eigenvalue weighted by molar-refractivity contribution is 6.62. The smallest absolute Gasteiger partial charge is 0.440 e. The average molecular weight is 564 g/mol. The van der Waals surface area contributed by atoms with Gasteiger partial charge >= 0.3 is 7.12 Å². The highest BCUT2D eigenvalue weighted by Crippen LogP contribution is 2.34. The van der Waals surface area contributed by atoms with Crippen LogP contribution in [-0.4, -0.2) is 36.4 Å². The summed E-state index contributed by atoms with van der Waals surface area (Å²) >= 11 is 0. The molecule has 2 N–H and O–H groups in total. The number of oxime groups is 1.